The Labute approximate surface area is 129 Å². The van der Waals surface area contributed by atoms with Crippen molar-refractivity contribution in [1.29, 1.82) is 0 Å². The minimum Gasteiger partial charge on any atom is -0.389 e. The van der Waals surface area contributed by atoms with Crippen molar-refractivity contribution in [2.75, 3.05) is 25.1 Å². The molecule has 0 bridgehead atoms. The Bertz CT molecular complexity index is 498. The van der Waals surface area contributed by atoms with Gasteiger partial charge in [0, 0.05) is 23.8 Å². The second-order valence-electron chi connectivity index (χ2n) is 5.14. The minimum atomic E-state index is -0.499. The van der Waals surface area contributed by atoms with Gasteiger partial charge in [-0.1, -0.05) is 12.2 Å². The maximum atomic E-state index is 12.0. The molecule has 1 aliphatic rings. The Morgan fingerprint density at radius 1 is 1.52 bits per heavy atom. The van der Waals surface area contributed by atoms with Crippen molar-refractivity contribution in [2.45, 2.75) is 19.4 Å². The lowest BCUT2D eigenvalue weighted by Gasteiger charge is -2.15. The molecular formula is C15H20N2O3S. The Morgan fingerprint density at radius 3 is 2.81 bits per heavy atom. The van der Waals surface area contributed by atoms with Crippen molar-refractivity contribution in [2.24, 2.45) is 11.7 Å². The van der Waals surface area contributed by atoms with Crippen molar-refractivity contribution < 1.29 is 14.3 Å². The van der Waals surface area contributed by atoms with Crippen LogP contribution in [0, 0.1) is 5.92 Å². The van der Waals surface area contributed by atoms with Gasteiger partial charge in [0.2, 0.25) is 0 Å². The maximum Gasteiger partial charge on any atom is 0.253 e. The number of amides is 1. The van der Waals surface area contributed by atoms with Crippen LogP contribution in [0.1, 0.15) is 18.9 Å². The molecule has 0 spiro atoms. The first-order valence-electron chi connectivity index (χ1n) is 6.96. The van der Waals surface area contributed by atoms with Crippen LogP contribution in [0.3, 0.4) is 0 Å². The zero-order chi connectivity index (χ0) is 15.2. The van der Waals surface area contributed by atoms with E-state index in [1.165, 1.54) is 0 Å². The van der Waals surface area contributed by atoms with Crippen LogP contribution in [-0.2, 0) is 14.3 Å². The average Bonchev–Trinajstić information content (AvgIpc) is 2.98. The van der Waals surface area contributed by atoms with Gasteiger partial charge >= 0.3 is 0 Å². The molecule has 6 heteroatoms. The molecule has 1 heterocycles. The van der Waals surface area contributed by atoms with Gasteiger partial charge in [0.1, 0.15) is 11.1 Å². The fourth-order valence-electron chi connectivity index (χ4n) is 2.03. The monoisotopic (exact) mass is 308 g/mol. The van der Waals surface area contributed by atoms with Crippen molar-refractivity contribution in [3.8, 4) is 0 Å². The Hall–Kier alpha value is -1.50. The van der Waals surface area contributed by atoms with Crippen LogP contribution in [0.4, 0.5) is 5.69 Å². The molecule has 3 N–H and O–H groups in total. The molecule has 1 aliphatic heterocycles. The molecule has 2 unspecified atom stereocenters. The van der Waals surface area contributed by atoms with Crippen LogP contribution < -0.4 is 11.1 Å². The van der Waals surface area contributed by atoms with Crippen LogP contribution in [0.5, 0.6) is 0 Å². The number of hydrogen-bond donors (Lipinski definition) is 2. The number of nitrogens with one attached hydrogen (secondary N) is 1. The topological polar surface area (TPSA) is 73.6 Å². The van der Waals surface area contributed by atoms with E-state index >= 15 is 0 Å². The summed E-state index contributed by atoms with van der Waals surface area (Å²) in [5.41, 5.74) is 6.99. The predicted molar refractivity (Wildman–Crippen MR) is 85.3 cm³/mol. The molecule has 1 aromatic rings. The summed E-state index contributed by atoms with van der Waals surface area (Å²) in [5.74, 6) is 0.224. The predicted octanol–water partition coefficient (Wildman–Crippen LogP) is 1.70. The lowest BCUT2D eigenvalue weighted by Crippen LogP contribution is -2.29. The lowest BCUT2D eigenvalue weighted by molar-refractivity contribution is -0.127. The summed E-state index contributed by atoms with van der Waals surface area (Å²) in [4.78, 5) is 12.4. The highest BCUT2D eigenvalue weighted by Gasteiger charge is 2.19. The molecule has 2 rings (SSSR count). The van der Waals surface area contributed by atoms with E-state index in [4.69, 9.17) is 27.4 Å². The van der Waals surface area contributed by atoms with Crippen molar-refractivity contribution in [3.63, 3.8) is 0 Å². The van der Waals surface area contributed by atoms with Gasteiger partial charge in [-0.2, -0.15) is 0 Å². The van der Waals surface area contributed by atoms with Gasteiger partial charge in [-0.15, -0.1) is 0 Å². The van der Waals surface area contributed by atoms with E-state index in [9.17, 15) is 4.79 Å². The number of benzene rings is 1. The average molecular weight is 308 g/mol. The van der Waals surface area contributed by atoms with E-state index in [-0.39, 0.29) is 5.91 Å². The first-order valence-corrected chi connectivity index (χ1v) is 7.37. The number of hydrogen-bond acceptors (Lipinski definition) is 4. The summed E-state index contributed by atoms with van der Waals surface area (Å²) in [6.45, 7) is 3.79. The van der Waals surface area contributed by atoms with Crippen molar-refractivity contribution in [1.82, 2.24) is 0 Å². The molecule has 0 radical (unpaired) electrons. The van der Waals surface area contributed by atoms with Gasteiger partial charge in [0.15, 0.2) is 0 Å². The van der Waals surface area contributed by atoms with E-state index in [1.807, 2.05) is 0 Å². The third-order valence-corrected chi connectivity index (χ3v) is 3.65. The quantitative estimate of drug-likeness (QED) is 0.783. The molecule has 114 valence electrons. The molecule has 0 saturated carbocycles. The molecule has 21 heavy (non-hydrogen) atoms. The number of nitrogens with two attached hydrogens (primary N) is 1. The molecule has 5 nitrogen and oxygen atoms in total. The Balaban J connectivity index is 1.80. The van der Waals surface area contributed by atoms with E-state index in [1.54, 1.807) is 31.2 Å². The summed E-state index contributed by atoms with van der Waals surface area (Å²) in [6, 6.07) is 7.09. The third-order valence-electron chi connectivity index (χ3n) is 3.41. The number of rotatable bonds is 6. The number of carbonyl (C=O) groups is 1. The number of ether oxygens (including phenoxy) is 2. The molecule has 1 saturated heterocycles. The number of anilines is 1. The van der Waals surface area contributed by atoms with Gasteiger partial charge in [-0.05, 0) is 37.6 Å². The second-order valence-corrected chi connectivity index (χ2v) is 5.58. The first-order chi connectivity index (χ1) is 10.1. The fraction of sp³-hybridized carbons (Fsp3) is 0.467. The highest BCUT2D eigenvalue weighted by atomic mass is 32.1. The number of thiocarbonyl (C=S) groups is 1. The van der Waals surface area contributed by atoms with Gasteiger partial charge in [-0.3, -0.25) is 4.79 Å². The third kappa shape index (κ3) is 4.77. The zero-order valence-electron chi connectivity index (χ0n) is 12.0. The first kappa shape index (κ1) is 15.9. The van der Waals surface area contributed by atoms with Crippen LogP contribution in [0.15, 0.2) is 24.3 Å². The van der Waals surface area contributed by atoms with Crippen molar-refractivity contribution >= 4 is 28.8 Å². The number of carbonyl (C=O) groups excluding carboxylic acids is 1. The zero-order valence-corrected chi connectivity index (χ0v) is 12.8. The summed E-state index contributed by atoms with van der Waals surface area (Å²) in [6.07, 6.45) is 0.496. The van der Waals surface area contributed by atoms with Crippen LogP contribution in [0.25, 0.3) is 0 Å². The molecule has 2 atom stereocenters. The lowest BCUT2D eigenvalue weighted by atomic mass is 10.1. The fourth-order valence-corrected chi connectivity index (χ4v) is 2.17. The SMILES string of the molecule is CC(OCC1CCOC1)C(=O)Nc1ccc(C(N)=S)cc1. The molecule has 1 fully saturated rings. The van der Waals surface area contributed by atoms with Crippen molar-refractivity contribution in [3.05, 3.63) is 29.8 Å². The van der Waals surface area contributed by atoms with E-state index < -0.39 is 6.10 Å². The van der Waals surface area contributed by atoms with Gasteiger partial charge < -0.3 is 20.5 Å². The highest BCUT2D eigenvalue weighted by molar-refractivity contribution is 7.80. The molecule has 1 amide bonds. The summed E-state index contributed by atoms with van der Waals surface area (Å²) in [7, 11) is 0. The Morgan fingerprint density at radius 2 is 2.24 bits per heavy atom. The maximum absolute atomic E-state index is 12.0. The minimum absolute atomic E-state index is 0.169. The molecule has 0 aliphatic carbocycles. The van der Waals surface area contributed by atoms with E-state index in [0.717, 1.165) is 25.2 Å². The second kappa shape index (κ2) is 7.49. The Kier molecular flexibility index (Phi) is 5.67. The van der Waals surface area contributed by atoms with Crippen LogP contribution in [-0.4, -0.2) is 36.8 Å². The summed E-state index contributed by atoms with van der Waals surface area (Å²) >= 11 is 4.88. The van der Waals surface area contributed by atoms with Crippen LogP contribution in [0.2, 0.25) is 0 Å². The molecular weight excluding hydrogens is 288 g/mol. The largest absolute Gasteiger partial charge is 0.389 e. The molecule has 1 aromatic carbocycles. The van der Waals surface area contributed by atoms with E-state index in [2.05, 4.69) is 5.32 Å². The summed E-state index contributed by atoms with van der Waals surface area (Å²) < 4.78 is 10.9. The van der Waals surface area contributed by atoms with Gasteiger partial charge in [-0.25, -0.2) is 0 Å². The van der Waals surface area contributed by atoms with Gasteiger partial charge in [0.25, 0.3) is 5.91 Å². The normalized spacial score (nSPS) is 19.2. The van der Waals surface area contributed by atoms with Crippen LogP contribution >= 0.6 is 12.2 Å². The standard InChI is InChI=1S/C15H20N2O3S/c1-10(20-9-11-6-7-19-8-11)15(18)17-13-4-2-12(3-5-13)14(16)21/h2-5,10-11H,6-9H2,1H3,(H2,16,21)(H,17,18). The highest BCUT2D eigenvalue weighted by Crippen LogP contribution is 2.14. The van der Waals surface area contributed by atoms with Gasteiger partial charge in [0.05, 0.1) is 13.2 Å². The summed E-state index contributed by atoms with van der Waals surface area (Å²) in [5, 5.41) is 2.80. The van der Waals surface area contributed by atoms with E-state index in [0.29, 0.717) is 23.2 Å². The smallest absolute Gasteiger partial charge is 0.253 e. The molecule has 0 aromatic heterocycles.